The number of benzene rings is 1. The molecule has 9 heteroatoms. The van der Waals surface area contributed by atoms with Gasteiger partial charge in [-0.2, -0.15) is 0 Å². The van der Waals surface area contributed by atoms with Crippen molar-refractivity contribution in [2.45, 2.75) is 108 Å². The van der Waals surface area contributed by atoms with Crippen LogP contribution in [0.5, 0.6) is 0 Å². The molecule has 0 spiro atoms. The van der Waals surface area contributed by atoms with Gasteiger partial charge >= 0.3 is 5.97 Å². The lowest BCUT2D eigenvalue weighted by Gasteiger charge is -2.48. The molecule has 0 aliphatic carbocycles. The molecule has 0 aromatic heterocycles. The van der Waals surface area contributed by atoms with E-state index in [0.29, 0.717) is 26.1 Å². The lowest BCUT2D eigenvalue weighted by Crippen LogP contribution is -2.67. The van der Waals surface area contributed by atoms with E-state index in [9.17, 15) is 9.59 Å². The number of hydrogen-bond acceptors (Lipinski definition) is 8. The lowest BCUT2D eigenvalue weighted by atomic mass is 9.95. The van der Waals surface area contributed by atoms with Crippen molar-refractivity contribution < 1.29 is 38.0 Å². The first kappa shape index (κ1) is 28.0. The van der Waals surface area contributed by atoms with Crippen LogP contribution in [-0.4, -0.2) is 68.4 Å². The number of unbranched alkanes of at least 4 members (excludes halogenated alkanes) is 4. The molecule has 0 radical (unpaired) electrons. The minimum atomic E-state index is -0.825. The number of ether oxygens (including phenoxy) is 6. The van der Waals surface area contributed by atoms with E-state index < -0.39 is 36.9 Å². The Morgan fingerprint density at radius 3 is 2.38 bits per heavy atom. The molecule has 3 fully saturated rings. The fraction of sp³-hybridized carbons (Fsp3) is 0.714. The highest BCUT2D eigenvalue weighted by Gasteiger charge is 2.53. The zero-order valence-electron chi connectivity index (χ0n) is 22.0. The van der Waals surface area contributed by atoms with Crippen LogP contribution in [0.4, 0.5) is 0 Å². The van der Waals surface area contributed by atoms with Gasteiger partial charge in [-0.1, -0.05) is 69.9 Å². The van der Waals surface area contributed by atoms with Crippen molar-refractivity contribution in [3.63, 3.8) is 0 Å². The maximum atomic E-state index is 12.9. The van der Waals surface area contributed by atoms with Crippen LogP contribution >= 0.6 is 0 Å². The molecule has 1 N–H and O–H groups in total. The third-order valence-electron chi connectivity index (χ3n) is 6.85. The van der Waals surface area contributed by atoms with Crippen LogP contribution in [-0.2, 0) is 38.0 Å². The molecule has 3 aliphatic heterocycles. The SMILES string of the molecule is CCCCCC(=O)N[C@H]1[C@H](OC[C@H]2CO2)O[C@@H]2CO[C@@H](c3ccccc3)O[C@H]2[C@@H]1OC(=O)CCCCC. The Kier molecular flexibility index (Phi) is 10.7. The molecule has 37 heavy (non-hydrogen) atoms. The maximum Gasteiger partial charge on any atom is 0.306 e. The van der Waals surface area contributed by atoms with E-state index in [1.807, 2.05) is 30.3 Å². The number of esters is 1. The molecule has 7 atom stereocenters. The predicted octanol–water partition coefficient (Wildman–Crippen LogP) is 3.80. The van der Waals surface area contributed by atoms with Crippen molar-refractivity contribution >= 4 is 11.9 Å². The second-order valence-electron chi connectivity index (χ2n) is 9.97. The summed E-state index contributed by atoms with van der Waals surface area (Å²) in [6.45, 7) is 5.38. The van der Waals surface area contributed by atoms with Crippen molar-refractivity contribution in [3.05, 3.63) is 35.9 Å². The molecule has 206 valence electrons. The van der Waals surface area contributed by atoms with E-state index in [1.165, 1.54) is 0 Å². The van der Waals surface area contributed by atoms with Crippen LogP contribution in [0.3, 0.4) is 0 Å². The molecule has 0 bridgehead atoms. The van der Waals surface area contributed by atoms with Crippen LogP contribution in [0.25, 0.3) is 0 Å². The molecule has 1 aromatic rings. The summed E-state index contributed by atoms with van der Waals surface area (Å²) in [6.07, 6.45) is 2.76. The number of fused-ring (bicyclic) bond motifs is 1. The number of hydrogen-bond donors (Lipinski definition) is 1. The molecule has 9 nitrogen and oxygen atoms in total. The van der Waals surface area contributed by atoms with Crippen molar-refractivity contribution in [1.29, 1.82) is 0 Å². The van der Waals surface area contributed by atoms with Crippen molar-refractivity contribution in [2.24, 2.45) is 0 Å². The highest BCUT2D eigenvalue weighted by atomic mass is 16.8. The normalized spacial score (nSPS) is 30.8. The minimum Gasteiger partial charge on any atom is -0.457 e. The molecule has 0 saturated carbocycles. The molecule has 0 unspecified atom stereocenters. The zero-order valence-corrected chi connectivity index (χ0v) is 22.0. The summed E-state index contributed by atoms with van der Waals surface area (Å²) in [6, 6.07) is 8.89. The number of amides is 1. The van der Waals surface area contributed by atoms with Gasteiger partial charge in [0.25, 0.3) is 0 Å². The van der Waals surface area contributed by atoms with Gasteiger partial charge < -0.3 is 33.7 Å². The third-order valence-corrected chi connectivity index (χ3v) is 6.85. The van der Waals surface area contributed by atoms with Crippen LogP contribution in [0.1, 0.15) is 77.1 Å². The molecular weight excluding hydrogens is 478 g/mol. The summed E-state index contributed by atoms with van der Waals surface area (Å²) in [5.74, 6) is -0.449. The Balaban J connectivity index is 1.54. The number of rotatable bonds is 14. The van der Waals surface area contributed by atoms with Gasteiger partial charge in [0.05, 0.1) is 19.8 Å². The van der Waals surface area contributed by atoms with E-state index in [2.05, 4.69) is 19.2 Å². The standard InChI is InChI=1S/C28H41NO8/c1-3-5-8-14-22(30)29-24-26(36-23(31)15-9-6-4-2)25-21(35-28(24)33-17-20-16-32-20)18-34-27(37-25)19-12-10-7-11-13-19/h7,10-13,20-21,24-28H,3-6,8-9,14-18H2,1-2H3,(H,29,30)/t20-,21-,24-,25-,26-,27-,28-/m1/s1. The van der Waals surface area contributed by atoms with Gasteiger partial charge in [0.1, 0.15) is 24.4 Å². The van der Waals surface area contributed by atoms with Crippen LogP contribution in [0.15, 0.2) is 30.3 Å². The molecule has 1 amide bonds. The smallest absolute Gasteiger partial charge is 0.306 e. The van der Waals surface area contributed by atoms with Gasteiger partial charge in [-0.3, -0.25) is 9.59 Å². The van der Waals surface area contributed by atoms with E-state index in [1.54, 1.807) is 0 Å². The van der Waals surface area contributed by atoms with Gasteiger partial charge in [-0.25, -0.2) is 0 Å². The van der Waals surface area contributed by atoms with Crippen molar-refractivity contribution in [2.75, 3.05) is 19.8 Å². The lowest BCUT2D eigenvalue weighted by molar-refractivity contribution is -0.345. The van der Waals surface area contributed by atoms with E-state index in [0.717, 1.165) is 44.1 Å². The Morgan fingerprint density at radius 1 is 0.946 bits per heavy atom. The van der Waals surface area contributed by atoms with E-state index >= 15 is 0 Å². The molecule has 1 aromatic carbocycles. The molecule has 4 rings (SSSR count). The predicted molar refractivity (Wildman–Crippen MR) is 134 cm³/mol. The molecular formula is C28H41NO8. The summed E-state index contributed by atoms with van der Waals surface area (Å²) in [5, 5.41) is 3.05. The first-order valence-electron chi connectivity index (χ1n) is 13.8. The number of nitrogens with one attached hydrogen (secondary N) is 1. The second kappa shape index (κ2) is 14.2. The summed E-state index contributed by atoms with van der Waals surface area (Å²) in [7, 11) is 0. The fourth-order valence-electron chi connectivity index (χ4n) is 4.68. The van der Waals surface area contributed by atoms with Gasteiger partial charge in [0.2, 0.25) is 5.91 Å². The Bertz CT molecular complexity index is 848. The number of carbonyl (C=O) groups excluding carboxylic acids is 2. The van der Waals surface area contributed by atoms with E-state index in [-0.39, 0.29) is 24.6 Å². The van der Waals surface area contributed by atoms with Gasteiger partial charge in [-0.05, 0) is 12.8 Å². The molecule has 3 saturated heterocycles. The molecule has 3 heterocycles. The van der Waals surface area contributed by atoms with Crippen molar-refractivity contribution in [3.8, 4) is 0 Å². The summed E-state index contributed by atoms with van der Waals surface area (Å²) >= 11 is 0. The van der Waals surface area contributed by atoms with Crippen LogP contribution < -0.4 is 5.32 Å². The monoisotopic (exact) mass is 519 g/mol. The maximum absolute atomic E-state index is 12.9. The Hall–Kier alpha value is -2.04. The molecule has 3 aliphatic rings. The first-order chi connectivity index (χ1) is 18.1. The average Bonchev–Trinajstić information content (AvgIpc) is 3.74. The average molecular weight is 520 g/mol. The summed E-state index contributed by atoms with van der Waals surface area (Å²) < 4.78 is 36.0. The highest BCUT2D eigenvalue weighted by Crippen LogP contribution is 2.36. The van der Waals surface area contributed by atoms with E-state index in [4.69, 9.17) is 28.4 Å². The number of carbonyl (C=O) groups is 2. The fourth-order valence-corrected chi connectivity index (χ4v) is 4.68. The minimum absolute atomic E-state index is 0.0126. The largest absolute Gasteiger partial charge is 0.457 e. The summed E-state index contributed by atoms with van der Waals surface area (Å²) in [5.41, 5.74) is 0.860. The van der Waals surface area contributed by atoms with Gasteiger partial charge in [0, 0.05) is 18.4 Å². The van der Waals surface area contributed by atoms with Crippen molar-refractivity contribution in [1.82, 2.24) is 5.32 Å². The third kappa shape index (κ3) is 8.22. The first-order valence-corrected chi connectivity index (χ1v) is 13.8. The summed E-state index contributed by atoms with van der Waals surface area (Å²) in [4.78, 5) is 25.8. The van der Waals surface area contributed by atoms with Crippen LogP contribution in [0, 0.1) is 0 Å². The van der Waals surface area contributed by atoms with Gasteiger partial charge in [0.15, 0.2) is 18.7 Å². The topological polar surface area (TPSA) is 105 Å². The second-order valence-corrected chi connectivity index (χ2v) is 9.97. The Labute approximate surface area is 219 Å². The number of epoxide rings is 1. The zero-order chi connectivity index (χ0) is 26.0. The van der Waals surface area contributed by atoms with Crippen LogP contribution in [0.2, 0.25) is 0 Å². The van der Waals surface area contributed by atoms with Gasteiger partial charge in [-0.15, -0.1) is 0 Å². The highest BCUT2D eigenvalue weighted by molar-refractivity contribution is 5.76. The quantitative estimate of drug-likeness (QED) is 0.225. The Morgan fingerprint density at radius 2 is 1.68 bits per heavy atom.